The Morgan fingerprint density at radius 3 is 2.70 bits per heavy atom. The molecule has 0 aliphatic carbocycles. The van der Waals surface area contributed by atoms with Crippen LogP contribution in [0.25, 0.3) is 0 Å². The van der Waals surface area contributed by atoms with Gasteiger partial charge in [-0.3, -0.25) is 0 Å². The maximum atomic E-state index is 5.01. The molecule has 1 atom stereocenters. The first-order valence-electron chi connectivity index (χ1n) is 4.00. The fourth-order valence-electron chi connectivity index (χ4n) is 0.893. The Kier molecular flexibility index (Phi) is 6.98. The smallest absolute Gasteiger partial charge is 0.0488 e. The highest BCUT2D eigenvalue weighted by Gasteiger charge is 1.98. The zero-order valence-electron chi connectivity index (χ0n) is 7.31. The lowest BCUT2D eigenvalue weighted by molar-refractivity contribution is 0.155. The van der Waals surface area contributed by atoms with Crippen molar-refractivity contribution in [3.05, 3.63) is 0 Å². The predicted molar refractivity (Wildman–Crippen MR) is 44.2 cm³/mol. The predicted octanol–water partition coefficient (Wildman–Crippen LogP) is 1.27. The van der Waals surface area contributed by atoms with Gasteiger partial charge < -0.3 is 10.1 Å². The molecule has 62 valence electrons. The van der Waals surface area contributed by atoms with Crippen molar-refractivity contribution in [2.45, 2.75) is 20.3 Å². The summed E-state index contributed by atoms with van der Waals surface area (Å²) >= 11 is 0. The highest BCUT2D eigenvalue weighted by molar-refractivity contribution is 4.52. The molecule has 1 N–H and O–H groups in total. The summed E-state index contributed by atoms with van der Waals surface area (Å²) in [7, 11) is 1.75. The summed E-state index contributed by atoms with van der Waals surface area (Å²) in [5.74, 6) is 0.684. The normalized spacial score (nSPS) is 13.5. The fourth-order valence-corrected chi connectivity index (χ4v) is 0.893. The van der Waals surface area contributed by atoms with Gasteiger partial charge in [0.25, 0.3) is 0 Å². The molecule has 0 bridgehead atoms. The summed E-state index contributed by atoms with van der Waals surface area (Å²) < 4.78 is 5.01. The van der Waals surface area contributed by atoms with Crippen LogP contribution in [-0.4, -0.2) is 26.8 Å². The molecule has 0 spiro atoms. The molecule has 2 nitrogen and oxygen atoms in total. The summed E-state index contributed by atoms with van der Waals surface area (Å²) in [4.78, 5) is 0. The van der Waals surface area contributed by atoms with Gasteiger partial charge in [0.05, 0.1) is 0 Å². The molecule has 0 fully saturated rings. The second-order valence-corrected chi connectivity index (χ2v) is 2.70. The molecule has 0 aromatic carbocycles. The van der Waals surface area contributed by atoms with Crippen LogP contribution in [0.2, 0.25) is 0 Å². The molecule has 2 heteroatoms. The first kappa shape index (κ1) is 9.92. The standard InChI is InChI=1S/C8H19NO/c1-4-9-6-5-8(2)7-10-3/h8-9H,4-7H2,1-3H3. The molecule has 0 saturated carbocycles. The van der Waals surface area contributed by atoms with E-state index in [2.05, 4.69) is 19.2 Å². The van der Waals surface area contributed by atoms with Crippen molar-refractivity contribution in [1.82, 2.24) is 5.32 Å². The van der Waals surface area contributed by atoms with Crippen LogP contribution >= 0.6 is 0 Å². The lowest BCUT2D eigenvalue weighted by atomic mass is 10.1. The number of nitrogens with one attached hydrogen (secondary N) is 1. The summed E-state index contributed by atoms with van der Waals surface area (Å²) in [6.07, 6.45) is 1.21. The molecule has 0 aliphatic rings. The molecule has 1 unspecified atom stereocenters. The van der Waals surface area contributed by atoms with Crippen molar-refractivity contribution in [3.63, 3.8) is 0 Å². The van der Waals surface area contributed by atoms with Crippen LogP contribution in [0.3, 0.4) is 0 Å². The maximum Gasteiger partial charge on any atom is 0.0488 e. The van der Waals surface area contributed by atoms with Gasteiger partial charge in [-0.25, -0.2) is 0 Å². The van der Waals surface area contributed by atoms with Crippen molar-refractivity contribution in [1.29, 1.82) is 0 Å². The summed E-state index contributed by atoms with van der Waals surface area (Å²) in [6.45, 7) is 7.40. The van der Waals surface area contributed by atoms with Crippen molar-refractivity contribution >= 4 is 0 Å². The average molecular weight is 145 g/mol. The van der Waals surface area contributed by atoms with Crippen molar-refractivity contribution in [3.8, 4) is 0 Å². The number of methoxy groups -OCH3 is 1. The van der Waals surface area contributed by atoms with E-state index >= 15 is 0 Å². The Morgan fingerprint density at radius 1 is 1.50 bits per heavy atom. The molecular weight excluding hydrogens is 126 g/mol. The molecule has 10 heavy (non-hydrogen) atoms. The van der Waals surface area contributed by atoms with Crippen LogP contribution in [0, 0.1) is 5.92 Å². The minimum Gasteiger partial charge on any atom is -0.384 e. The van der Waals surface area contributed by atoms with E-state index < -0.39 is 0 Å². The maximum absolute atomic E-state index is 5.01. The van der Waals surface area contributed by atoms with Gasteiger partial charge in [0.15, 0.2) is 0 Å². The zero-order chi connectivity index (χ0) is 7.82. The van der Waals surface area contributed by atoms with Gasteiger partial charge in [-0.1, -0.05) is 13.8 Å². The second-order valence-electron chi connectivity index (χ2n) is 2.70. The van der Waals surface area contributed by atoms with Crippen molar-refractivity contribution < 1.29 is 4.74 Å². The lowest BCUT2D eigenvalue weighted by Gasteiger charge is -2.09. The number of hydrogen-bond donors (Lipinski definition) is 1. The monoisotopic (exact) mass is 145 g/mol. The van der Waals surface area contributed by atoms with E-state index in [1.165, 1.54) is 6.42 Å². The fraction of sp³-hybridized carbons (Fsp3) is 1.00. The summed E-state index contributed by atoms with van der Waals surface area (Å²) in [5, 5.41) is 3.28. The van der Waals surface area contributed by atoms with Gasteiger partial charge in [-0.15, -0.1) is 0 Å². The highest BCUT2D eigenvalue weighted by atomic mass is 16.5. The van der Waals surface area contributed by atoms with Crippen LogP contribution in [0.1, 0.15) is 20.3 Å². The Balaban J connectivity index is 2.97. The first-order chi connectivity index (χ1) is 4.81. The van der Waals surface area contributed by atoms with E-state index in [4.69, 9.17) is 4.74 Å². The molecule has 0 aliphatic heterocycles. The highest BCUT2D eigenvalue weighted by Crippen LogP contribution is 1.99. The van der Waals surface area contributed by atoms with Crippen LogP contribution in [0.5, 0.6) is 0 Å². The SMILES string of the molecule is CCNCCC(C)COC. The molecule has 0 radical (unpaired) electrons. The zero-order valence-corrected chi connectivity index (χ0v) is 7.31. The van der Waals surface area contributed by atoms with Crippen LogP contribution < -0.4 is 5.32 Å². The summed E-state index contributed by atoms with van der Waals surface area (Å²) in [5.41, 5.74) is 0. The third-order valence-electron chi connectivity index (χ3n) is 1.52. The van der Waals surface area contributed by atoms with Crippen LogP contribution in [0.4, 0.5) is 0 Å². The molecule has 0 aromatic heterocycles. The Morgan fingerprint density at radius 2 is 2.20 bits per heavy atom. The van der Waals surface area contributed by atoms with Crippen molar-refractivity contribution in [2.75, 3.05) is 26.8 Å². The van der Waals surface area contributed by atoms with Gasteiger partial charge >= 0.3 is 0 Å². The van der Waals surface area contributed by atoms with Gasteiger partial charge in [-0.05, 0) is 25.4 Å². The third kappa shape index (κ3) is 6.05. The van der Waals surface area contributed by atoms with Crippen molar-refractivity contribution in [2.24, 2.45) is 5.92 Å². The largest absolute Gasteiger partial charge is 0.384 e. The summed E-state index contributed by atoms with van der Waals surface area (Å²) in [6, 6.07) is 0. The number of hydrogen-bond acceptors (Lipinski definition) is 2. The minimum atomic E-state index is 0.684. The van der Waals surface area contributed by atoms with Crippen LogP contribution in [0.15, 0.2) is 0 Å². The van der Waals surface area contributed by atoms with E-state index in [-0.39, 0.29) is 0 Å². The van der Waals surface area contributed by atoms with Crippen LogP contribution in [-0.2, 0) is 4.74 Å². The van der Waals surface area contributed by atoms with E-state index in [0.29, 0.717) is 5.92 Å². The number of ether oxygens (including phenoxy) is 1. The average Bonchev–Trinajstić information content (AvgIpc) is 1.89. The molecule has 0 saturated heterocycles. The first-order valence-corrected chi connectivity index (χ1v) is 4.00. The van der Waals surface area contributed by atoms with Gasteiger partial charge in [-0.2, -0.15) is 0 Å². The minimum absolute atomic E-state index is 0.684. The third-order valence-corrected chi connectivity index (χ3v) is 1.52. The Bertz CT molecular complexity index is 66.3. The van der Waals surface area contributed by atoms with E-state index in [0.717, 1.165) is 19.7 Å². The quantitative estimate of drug-likeness (QED) is 0.568. The van der Waals surface area contributed by atoms with Gasteiger partial charge in [0.1, 0.15) is 0 Å². The molecule has 0 aromatic rings. The lowest BCUT2D eigenvalue weighted by Crippen LogP contribution is -2.18. The Hall–Kier alpha value is -0.0800. The second kappa shape index (κ2) is 7.03. The topological polar surface area (TPSA) is 21.3 Å². The van der Waals surface area contributed by atoms with Gasteiger partial charge in [0, 0.05) is 13.7 Å². The van der Waals surface area contributed by atoms with E-state index in [1.54, 1.807) is 7.11 Å². The van der Waals surface area contributed by atoms with E-state index in [1.807, 2.05) is 0 Å². The number of rotatable bonds is 6. The molecule has 0 heterocycles. The Labute approximate surface area is 64.0 Å². The van der Waals surface area contributed by atoms with E-state index in [9.17, 15) is 0 Å². The van der Waals surface area contributed by atoms with Gasteiger partial charge in [0.2, 0.25) is 0 Å². The molecule has 0 rings (SSSR count). The molecular formula is C8H19NO. The molecule has 0 amide bonds.